The van der Waals surface area contributed by atoms with Crippen LogP contribution in [-0.4, -0.2) is 36.7 Å². The number of allylic oxidation sites excluding steroid dienone is 3. The van der Waals surface area contributed by atoms with Crippen LogP contribution < -0.4 is 9.47 Å². The third-order valence-electron chi connectivity index (χ3n) is 7.02. The lowest BCUT2D eigenvalue weighted by Crippen LogP contribution is -2.22. The highest BCUT2D eigenvalue weighted by Crippen LogP contribution is 2.45. The van der Waals surface area contributed by atoms with Gasteiger partial charge >= 0.3 is 0 Å². The highest BCUT2D eigenvalue weighted by atomic mass is 16.5. The minimum absolute atomic E-state index is 0.0681. The number of aliphatic hydroxyl groups is 2. The van der Waals surface area contributed by atoms with E-state index in [2.05, 4.69) is 19.7 Å². The molecule has 4 rings (SSSR count). The van der Waals surface area contributed by atoms with Gasteiger partial charge in [-0.3, -0.25) is 0 Å². The second-order valence-corrected chi connectivity index (χ2v) is 10.3. The lowest BCUT2D eigenvalue weighted by molar-refractivity contribution is 0.0183. The van der Waals surface area contributed by atoms with E-state index in [4.69, 9.17) is 9.47 Å². The van der Waals surface area contributed by atoms with E-state index < -0.39 is 35.2 Å². The maximum atomic E-state index is 11.2. The van der Waals surface area contributed by atoms with Crippen LogP contribution in [0.2, 0.25) is 0 Å². The first-order valence-electron chi connectivity index (χ1n) is 14.0. The van der Waals surface area contributed by atoms with Crippen molar-refractivity contribution in [1.82, 2.24) is 0 Å². The second-order valence-electron chi connectivity index (χ2n) is 10.3. The van der Waals surface area contributed by atoms with Crippen molar-refractivity contribution < 1.29 is 40.1 Å². The van der Waals surface area contributed by atoms with Crippen molar-refractivity contribution in [1.29, 1.82) is 0 Å². The van der Waals surface area contributed by atoms with E-state index in [0.717, 1.165) is 17.2 Å². The molecule has 0 bridgehead atoms. The number of hydrogen-bond acceptors (Lipinski definition) is 8. The number of phenolic OH excluding ortho intramolecular Hbond substituents is 4. The Morgan fingerprint density at radius 2 is 1.32 bits per heavy atom. The Labute approximate surface area is 256 Å². The van der Waals surface area contributed by atoms with Gasteiger partial charge in [0.1, 0.15) is 17.6 Å². The molecule has 0 saturated carbocycles. The van der Waals surface area contributed by atoms with Crippen molar-refractivity contribution in [3.05, 3.63) is 133 Å². The van der Waals surface area contributed by atoms with Gasteiger partial charge < -0.3 is 40.1 Å². The fourth-order valence-electron chi connectivity index (χ4n) is 4.81. The third-order valence-corrected chi connectivity index (χ3v) is 7.02. The standard InChI is InChI=1S/C36H36O8/c1-4-8-22-13-15-26(16-14-22)44-36-28(24(10-6-3)18-30(38)35(36)42)21-31(39)33(40)25-19-29(37)34(41)32(20-25)43-27-12-7-11-23(17-27)9-5-2/h4-7,11-20,31,33,37-42H,1-3,8-10,21H2. The Morgan fingerprint density at radius 3 is 2.00 bits per heavy atom. The Kier molecular flexibility index (Phi) is 10.3. The van der Waals surface area contributed by atoms with E-state index in [-0.39, 0.29) is 29.9 Å². The van der Waals surface area contributed by atoms with E-state index in [0.29, 0.717) is 35.5 Å². The molecule has 8 heteroatoms. The minimum atomic E-state index is -1.56. The zero-order valence-electron chi connectivity index (χ0n) is 24.2. The first kappa shape index (κ1) is 31.7. The first-order chi connectivity index (χ1) is 21.1. The fraction of sp³-hybridized carbons (Fsp3) is 0.167. The second kappa shape index (κ2) is 14.3. The summed E-state index contributed by atoms with van der Waals surface area (Å²) in [5.74, 6) is -1.47. The van der Waals surface area contributed by atoms with Crippen molar-refractivity contribution in [3.63, 3.8) is 0 Å². The molecule has 0 aliphatic rings. The maximum Gasteiger partial charge on any atom is 0.201 e. The Balaban J connectivity index is 1.65. The Morgan fingerprint density at radius 1 is 0.659 bits per heavy atom. The highest BCUT2D eigenvalue weighted by Gasteiger charge is 2.27. The lowest BCUT2D eigenvalue weighted by Gasteiger charge is -2.23. The average Bonchev–Trinajstić information content (AvgIpc) is 3.00. The molecule has 0 heterocycles. The van der Waals surface area contributed by atoms with Crippen molar-refractivity contribution >= 4 is 0 Å². The quantitative estimate of drug-likeness (QED) is 0.0681. The SMILES string of the molecule is C=CCc1ccc(Oc2c(O)c(O)cc(CC=C)c2CC(O)C(O)c2cc(O)c(O)c(Oc3cccc(CC=C)c3)c2)cc1. The molecule has 44 heavy (non-hydrogen) atoms. The number of rotatable bonds is 14. The molecule has 0 aliphatic heterocycles. The number of aromatic hydroxyl groups is 4. The highest BCUT2D eigenvalue weighted by molar-refractivity contribution is 5.60. The molecular weight excluding hydrogens is 560 g/mol. The maximum absolute atomic E-state index is 11.2. The number of phenols is 4. The van der Waals surface area contributed by atoms with Crippen molar-refractivity contribution in [2.24, 2.45) is 0 Å². The molecule has 0 aliphatic carbocycles. The number of hydrogen-bond donors (Lipinski definition) is 6. The zero-order valence-corrected chi connectivity index (χ0v) is 24.2. The number of benzene rings is 4. The monoisotopic (exact) mass is 596 g/mol. The van der Waals surface area contributed by atoms with Crippen LogP contribution in [0, 0.1) is 0 Å². The molecule has 2 atom stereocenters. The van der Waals surface area contributed by atoms with Crippen molar-refractivity contribution in [2.75, 3.05) is 0 Å². The normalized spacial score (nSPS) is 12.2. The van der Waals surface area contributed by atoms with Crippen LogP contribution in [0.25, 0.3) is 0 Å². The summed E-state index contributed by atoms with van der Waals surface area (Å²) in [7, 11) is 0. The van der Waals surface area contributed by atoms with Gasteiger partial charge in [0.05, 0.1) is 6.10 Å². The van der Waals surface area contributed by atoms with Crippen molar-refractivity contribution in [3.8, 4) is 46.0 Å². The molecule has 0 saturated heterocycles. The van der Waals surface area contributed by atoms with Gasteiger partial charge in [-0.25, -0.2) is 0 Å². The van der Waals surface area contributed by atoms with Crippen LogP contribution in [0.15, 0.2) is 105 Å². The summed E-state index contributed by atoms with van der Waals surface area (Å²) in [5.41, 5.74) is 2.84. The van der Waals surface area contributed by atoms with Crippen LogP contribution in [0.1, 0.15) is 33.9 Å². The minimum Gasteiger partial charge on any atom is -0.504 e. The van der Waals surface area contributed by atoms with Gasteiger partial charge in [-0.15, -0.1) is 19.7 Å². The summed E-state index contributed by atoms with van der Waals surface area (Å²) in [4.78, 5) is 0. The van der Waals surface area contributed by atoms with Gasteiger partial charge in [0, 0.05) is 12.0 Å². The van der Waals surface area contributed by atoms with E-state index in [1.807, 2.05) is 18.2 Å². The van der Waals surface area contributed by atoms with Gasteiger partial charge in [0.15, 0.2) is 23.0 Å². The molecule has 6 N–H and O–H groups in total. The number of ether oxygens (including phenoxy) is 2. The molecule has 4 aromatic carbocycles. The summed E-state index contributed by atoms with van der Waals surface area (Å²) >= 11 is 0. The predicted molar refractivity (Wildman–Crippen MR) is 169 cm³/mol. The summed E-state index contributed by atoms with van der Waals surface area (Å²) in [5, 5.41) is 64.5. The predicted octanol–water partition coefficient (Wildman–Crippen LogP) is 6.92. The average molecular weight is 597 g/mol. The smallest absolute Gasteiger partial charge is 0.201 e. The molecule has 228 valence electrons. The molecule has 2 unspecified atom stereocenters. The van der Waals surface area contributed by atoms with E-state index in [1.54, 1.807) is 48.6 Å². The van der Waals surface area contributed by atoms with Crippen LogP contribution in [0.3, 0.4) is 0 Å². The molecule has 0 fully saturated rings. The molecule has 0 amide bonds. The van der Waals surface area contributed by atoms with E-state index in [9.17, 15) is 30.6 Å². The van der Waals surface area contributed by atoms with Crippen LogP contribution in [0.4, 0.5) is 0 Å². The largest absolute Gasteiger partial charge is 0.504 e. The van der Waals surface area contributed by atoms with Crippen LogP contribution >= 0.6 is 0 Å². The van der Waals surface area contributed by atoms with Crippen LogP contribution in [-0.2, 0) is 25.7 Å². The molecule has 0 spiro atoms. The van der Waals surface area contributed by atoms with Gasteiger partial charge in [-0.2, -0.15) is 0 Å². The topological polar surface area (TPSA) is 140 Å². The molecule has 0 aromatic heterocycles. The van der Waals surface area contributed by atoms with Crippen LogP contribution in [0.5, 0.6) is 46.0 Å². The lowest BCUT2D eigenvalue weighted by atomic mass is 9.92. The van der Waals surface area contributed by atoms with Gasteiger partial charge in [-0.1, -0.05) is 42.5 Å². The van der Waals surface area contributed by atoms with E-state index >= 15 is 0 Å². The molecule has 0 radical (unpaired) electrons. The summed E-state index contributed by atoms with van der Waals surface area (Å²) in [6, 6.07) is 18.0. The summed E-state index contributed by atoms with van der Waals surface area (Å²) in [6.45, 7) is 11.2. The van der Waals surface area contributed by atoms with Gasteiger partial charge in [0.2, 0.25) is 11.5 Å². The molecule has 4 aromatic rings. The fourth-order valence-corrected chi connectivity index (χ4v) is 4.81. The first-order valence-corrected chi connectivity index (χ1v) is 14.0. The third kappa shape index (κ3) is 7.42. The van der Waals surface area contributed by atoms with E-state index in [1.165, 1.54) is 12.1 Å². The van der Waals surface area contributed by atoms with Crippen molar-refractivity contribution in [2.45, 2.75) is 37.9 Å². The molecular formula is C36H36O8. The zero-order chi connectivity index (χ0) is 31.8. The summed E-state index contributed by atoms with van der Waals surface area (Å²) < 4.78 is 11.8. The Hall–Kier alpha value is -5.18. The van der Waals surface area contributed by atoms with Gasteiger partial charge in [-0.05, 0) is 84.0 Å². The number of aliphatic hydroxyl groups excluding tert-OH is 2. The Bertz CT molecular complexity index is 1640. The van der Waals surface area contributed by atoms with Gasteiger partial charge in [0.25, 0.3) is 0 Å². The molecule has 8 nitrogen and oxygen atoms in total. The summed E-state index contributed by atoms with van der Waals surface area (Å²) in [6.07, 6.45) is 3.39.